The maximum Gasteiger partial charge on any atom is 0.320 e. The summed E-state index contributed by atoms with van der Waals surface area (Å²) in [6.07, 6.45) is 0.0990. The molecule has 0 fully saturated rings. The van der Waals surface area contributed by atoms with Crippen LogP contribution in [0.15, 0.2) is 48.5 Å². The number of carboxylic acids is 1. The van der Waals surface area contributed by atoms with Gasteiger partial charge in [0.25, 0.3) is 0 Å². The lowest BCUT2D eigenvalue weighted by Crippen LogP contribution is -2.32. The number of hydrogen-bond donors (Lipinski definition) is 3. The van der Waals surface area contributed by atoms with E-state index in [9.17, 15) is 9.90 Å². The zero-order chi connectivity index (χ0) is 13.8. The van der Waals surface area contributed by atoms with Crippen LogP contribution in [0.2, 0.25) is 0 Å². The van der Waals surface area contributed by atoms with Crippen molar-refractivity contribution in [3.63, 3.8) is 0 Å². The third kappa shape index (κ3) is 3.11. The number of hydrogen-bond acceptors (Lipinski definition) is 3. The highest BCUT2D eigenvalue weighted by Gasteiger charge is 2.15. The van der Waals surface area contributed by atoms with Crippen LogP contribution in [-0.2, 0) is 11.2 Å². The summed E-state index contributed by atoms with van der Waals surface area (Å²) >= 11 is 0. The Hall–Kier alpha value is -2.33. The van der Waals surface area contributed by atoms with Gasteiger partial charge in [-0.3, -0.25) is 4.79 Å². The van der Waals surface area contributed by atoms with Crippen LogP contribution >= 0.6 is 0 Å². The number of carboxylic acid groups (broad SMARTS) is 1. The maximum absolute atomic E-state index is 10.8. The van der Waals surface area contributed by atoms with E-state index in [2.05, 4.69) is 0 Å². The number of phenolic OH excluding ortho intramolecular Hbond substituents is 1. The molecule has 2 rings (SSSR count). The van der Waals surface area contributed by atoms with E-state index in [0.29, 0.717) is 5.56 Å². The molecule has 0 heterocycles. The van der Waals surface area contributed by atoms with Crippen LogP contribution in [0, 0.1) is 0 Å². The van der Waals surface area contributed by atoms with Crippen LogP contribution < -0.4 is 5.73 Å². The summed E-state index contributed by atoms with van der Waals surface area (Å²) in [6, 6.07) is 13.8. The van der Waals surface area contributed by atoms with Gasteiger partial charge in [0, 0.05) is 6.42 Å². The van der Waals surface area contributed by atoms with E-state index < -0.39 is 12.0 Å². The van der Waals surface area contributed by atoms with E-state index in [-0.39, 0.29) is 12.2 Å². The number of carbonyl (C=O) groups is 1. The van der Waals surface area contributed by atoms with E-state index in [0.717, 1.165) is 11.1 Å². The molecule has 4 heteroatoms. The summed E-state index contributed by atoms with van der Waals surface area (Å²) in [4.78, 5) is 10.8. The molecule has 1 atom stereocenters. The molecule has 0 unspecified atom stereocenters. The van der Waals surface area contributed by atoms with Crippen molar-refractivity contribution in [2.75, 3.05) is 0 Å². The predicted octanol–water partition coefficient (Wildman–Crippen LogP) is 2.01. The lowest BCUT2D eigenvalue weighted by Gasteiger charge is -2.10. The molecule has 0 saturated heterocycles. The number of phenols is 1. The van der Waals surface area contributed by atoms with Crippen LogP contribution in [0.4, 0.5) is 0 Å². The molecule has 0 spiro atoms. The van der Waals surface area contributed by atoms with Crippen molar-refractivity contribution in [1.82, 2.24) is 0 Å². The SMILES string of the molecule is N[C@@H](Cc1cc(-c2ccccc2)ccc1O)C(=O)O. The molecule has 2 aromatic rings. The van der Waals surface area contributed by atoms with Gasteiger partial charge in [0.1, 0.15) is 11.8 Å². The fourth-order valence-electron chi connectivity index (χ4n) is 1.88. The molecular weight excluding hydrogens is 242 g/mol. The lowest BCUT2D eigenvalue weighted by molar-refractivity contribution is -0.138. The Morgan fingerprint density at radius 2 is 1.79 bits per heavy atom. The second-order valence-electron chi connectivity index (χ2n) is 4.36. The quantitative estimate of drug-likeness (QED) is 0.782. The van der Waals surface area contributed by atoms with Gasteiger partial charge < -0.3 is 15.9 Å². The molecule has 0 bridgehead atoms. The normalized spacial score (nSPS) is 12.1. The van der Waals surface area contributed by atoms with Crippen LogP contribution in [0.25, 0.3) is 11.1 Å². The van der Waals surface area contributed by atoms with Crippen molar-refractivity contribution >= 4 is 5.97 Å². The fourth-order valence-corrected chi connectivity index (χ4v) is 1.88. The average Bonchev–Trinajstić information content (AvgIpc) is 2.42. The Labute approximate surface area is 111 Å². The summed E-state index contributed by atoms with van der Waals surface area (Å²) in [7, 11) is 0. The van der Waals surface area contributed by atoms with Gasteiger partial charge in [-0.1, -0.05) is 36.4 Å². The van der Waals surface area contributed by atoms with Crippen molar-refractivity contribution in [2.45, 2.75) is 12.5 Å². The molecule has 2 aromatic carbocycles. The van der Waals surface area contributed by atoms with Crippen LogP contribution in [0.5, 0.6) is 5.75 Å². The first-order valence-corrected chi connectivity index (χ1v) is 5.93. The van der Waals surface area contributed by atoms with Crippen LogP contribution in [0.1, 0.15) is 5.56 Å². The Morgan fingerprint density at radius 1 is 1.11 bits per heavy atom. The Kier molecular flexibility index (Phi) is 3.82. The smallest absolute Gasteiger partial charge is 0.320 e. The minimum atomic E-state index is -1.08. The van der Waals surface area contributed by atoms with Crippen molar-refractivity contribution in [3.8, 4) is 16.9 Å². The highest BCUT2D eigenvalue weighted by molar-refractivity contribution is 5.74. The average molecular weight is 257 g/mol. The third-order valence-corrected chi connectivity index (χ3v) is 2.94. The summed E-state index contributed by atoms with van der Waals surface area (Å²) < 4.78 is 0. The van der Waals surface area contributed by atoms with Gasteiger partial charge in [0.15, 0.2) is 0 Å². The number of benzene rings is 2. The van der Waals surface area contributed by atoms with Gasteiger partial charge in [-0.25, -0.2) is 0 Å². The fraction of sp³-hybridized carbons (Fsp3) is 0.133. The monoisotopic (exact) mass is 257 g/mol. The summed E-state index contributed by atoms with van der Waals surface area (Å²) in [5, 5.41) is 18.6. The number of aliphatic carboxylic acids is 1. The molecule has 98 valence electrons. The van der Waals surface area contributed by atoms with Gasteiger partial charge in [-0.05, 0) is 28.8 Å². The largest absolute Gasteiger partial charge is 0.508 e. The Bertz CT molecular complexity index is 581. The van der Waals surface area contributed by atoms with Crippen LogP contribution in [-0.4, -0.2) is 22.2 Å². The van der Waals surface area contributed by atoms with E-state index in [1.807, 2.05) is 30.3 Å². The molecule has 0 amide bonds. The highest BCUT2D eigenvalue weighted by atomic mass is 16.4. The summed E-state index contributed by atoms with van der Waals surface area (Å²) in [5.41, 5.74) is 7.96. The van der Waals surface area contributed by atoms with E-state index in [4.69, 9.17) is 10.8 Å². The van der Waals surface area contributed by atoms with E-state index in [1.165, 1.54) is 0 Å². The second kappa shape index (κ2) is 5.54. The van der Waals surface area contributed by atoms with Gasteiger partial charge in [-0.15, -0.1) is 0 Å². The van der Waals surface area contributed by atoms with Crippen molar-refractivity contribution in [1.29, 1.82) is 0 Å². The predicted molar refractivity (Wildman–Crippen MR) is 72.9 cm³/mol. The molecule has 0 radical (unpaired) electrons. The van der Waals surface area contributed by atoms with Gasteiger partial charge in [0.2, 0.25) is 0 Å². The minimum Gasteiger partial charge on any atom is -0.508 e. The molecule has 0 aliphatic heterocycles. The van der Waals surface area contributed by atoms with Crippen molar-refractivity contribution in [2.24, 2.45) is 5.73 Å². The molecule has 0 aliphatic rings. The topological polar surface area (TPSA) is 83.5 Å². The van der Waals surface area contributed by atoms with E-state index >= 15 is 0 Å². The maximum atomic E-state index is 10.8. The van der Waals surface area contributed by atoms with Gasteiger partial charge >= 0.3 is 5.97 Å². The zero-order valence-corrected chi connectivity index (χ0v) is 10.3. The first kappa shape index (κ1) is 13.1. The zero-order valence-electron chi connectivity index (χ0n) is 10.3. The van der Waals surface area contributed by atoms with Gasteiger partial charge in [-0.2, -0.15) is 0 Å². The molecule has 4 N–H and O–H groups in total. The van der Waals surface area contributed by atoms with Crippen LogP contribution in [0.3, 0.4) is 0 Å². The Morgan fingerprint density at radius 3 is 2.42 bits per heavy atom. The highest BCUT2D eigenvalue weighted by Crippen LogP contribution is 2.26. The number of aromatic hydroxyl groups is 1. The second-order valence-corrected chi connectivity index (χ2v) is 4.36. The summed E-state index contributed by atoms with van der Waals surface area (Å²) in [6.45, 7) is 0. The summed E-state index contributed by atoms with van der Waals surface area (Å²) in [5.74, 6) is -1.01. The lowest BCUT2D eigenvalue weighted by atomic mass is 9.99. The number of nitrogens with two attached hydrogens (primary N) is 1. The third-order valence-electron chi connectivity index (χ3n) is 2.94. The molecular formula is C15H15NO3. The van der Waals surface area contributed by atoms with Crippen molar-refractivity contribution < 1.29 is 15.0 Å². The molecule has 4 nitrogen and oxygen atoms in total. The first-order chi connectivity index (χ1) is 9.08. The van der Waals surface area contributed by atoms with Crippen molar-refractivity contribution in [3.05, 3.63) is 54.1 Å². The molecule has 0 aromatic heterocycles. The molecule has 19 heavy (non-hydrogen) atoms. The standard InChI is InChI=1S/C15H15NO3/c16-13(15(18)19)9-12-8-11(6-7-14(12)17)10-4-2-1-3-5-10/h1-8,13,17H,9,16H2,(H,18,19)/t13-/m0/s1. The van der Waals surface area contributed by atoms with E-state index in [1.54, 1.807) is 18.2 Å². The van der Waals surface area contributed by atoms with Gasteiger partial charge in [0.05, 0.1) is 0 Å². The number of rotatable bonds is 4. The minimum absolute atomic E-state index is 0.0661. The molecule has 0 saturated carbocycles. The first-order valence-electron chi connectivity index (χ1n) is 5.93. The Balaban J connectivity index is 2.32. The molecule has 0 aliphatic carbocycles.